The van der Waals surface area contributed by atoms with Gasteiger partial charge in [0.25, 0.3) is 11.5 Å². The summed E-state index contributed by atoms with van der Waals surface area (Å²) in [5.74, 6) is -0.988. The van der Waals surface area contributed by atoms with Gasteiger partial charge in [-0.15, -0.1) is 5.10 Å². The van der Waals surface area contributed by atoms with Crippen LogP contribution in [0.4, 0.5) is 5.69 Å². The minimum Gasteiger partial charge on any atom is -0.396 e. The van der Waals surface area contributed by atoms with Gasteiger partial charge >= 0.3 is 0 Å². The first-order chi connectivity index (χ1) is 22.1. The maximum absolute atomic E-state index is 14.1. The van der Waals surface area contributed by atoms with Crippen molar-refractivity contribution in [1.82, 2.24) is 24.8 Å². The lowest BCUT2D eigenvalue weighted by atomic mass is 9.82. The number of carbonyl (C=O) groups is 1. The van der Waals surface area contributed by atoms with Gasteiger partial charge in [0.05, 0.1) is 28.7 Å². The third kappa shape index (κ3) is 6.78. The summed E-state index contributed by atoms with van der Waals surface area (Å²) in [6.45, 7) is 8.93. The van der Waals surface area contributed by atoms with Crippen LogP contribution in [0.1, 0.15) is 58.2 Å². The molecule has 240 valence electrons. The highest BCUT2D eigenvalue weighted by Gasteiger charge is 2.52. The Morgan fingerprint density at radius 1 is 1.07 bits per heavy atom. The number of aryl methyl sites for hydroxylation is 1. The Balaban J connectivity index is 1.46. The minimum atomic E-state index is -1.85. The average molecular weight is 623 g/mol. The number of hydrogen-bond donors (Lipinski definition) is 2. The second kappa shape index (κ2) is 14.2. The Kier molecular flexibility index (Phi) is 10.1. The molecule has 0 fully saturated rings. The van der Waals surface area contributed by atoms with E-state index in [4.69, 9.17) is 5.11 Å². The van der Waals surface area contributed by atoms with Crippen LogP contribution in [-0.4, -0.2) is 54.0 Å². The predicted octanol–water partition coefficient (Wildman–Crippen LogP) is 5.02. The third-order valence-electron chi connectivity index (χ3n) is 8.47. The van der Waals surface area contributed by atoms with Gasteiger partial charge in [-0.1, -0.05) is 65.8 Å². The van der Waals surface area contributed by atoms with E-state index in [1.165, 1.54) is 10.3 Å². The van der Waals surface area contributed by atoms with Crippen LogP contribution in [-0.2, 0) is 23.4 Å². The first-order valence-corrected chi connectivity index (χ1v) is 15.7. The van der Waals surface area contributed by atoms with E-state index in [1.54, 1.807) is 46.2 Å². The second-order valence-electron chi connectivity index (χ2n) is 12.2. The summed E-state index contributed by atoms with van der Waals surface area (Å²) in [4.78, 5) is 29.2. The Morgan fingerprint density at radius 3 is 2.65 bits per heavy atom. The maximum Gasteiger partial charge on any atom is 0.279 e. The maximum atomic E-state index is 14.1. The van der Waals surface area contributed by atoms with Crippen molar-refractivity contribution in [3.05, 3.63) is 112 Å². The van der Waals surface area contributed by atoms with Crippen LogP contribution in [0.5, 0.6) is 0 Å². The minimum absolute atomic E-state index is 0.0136. The van der Waals surface area contributed by atoms with E-state index < -0.39 is 17.4 Å². The van der Waals surface area contributed by atoms with E-state index in [1.807, 2.05) is 43.4 Å². The Bertz CT molecular complexity index is 1870. The van der Waals surface area contributed by atoms with E-state index in [2.05, 4.69) is 42.3 Å². The highest BCUT2D eigenvalue weighted by Crippen LogP contribution is 2.46. The molecule has 46 heavy (non-hydrogen) atoms. The smallest absolute Gasteiger partial charge is 0.279 e. The van der Waals surface area contributed by atoms with Gasteiger partial charge in [0.15, 0.2) is 5.60 Å². The number of rotatable bonds is 13. The van der Waals surface area contributed by atoms with Crippen molar-refractivity contribution < 1.29 is 15.0 Å². The largest absolute Gasteiger partial charge is 0.396 e. The van der Waals surface area contributed by atoms with Gasteiger partial charge in [-0.3, -0.25) is 14.3 Å². The molecule has 4 aromatic rings. The molecule has 0 spiro atoms. The average Bonchev–Trinajstić information content (AvgIpc) is 3.58. The Hall–Kier alpha value is -4.67. The summed E-state index contributed by atoms with van der Waals surface area (Å²) >= 11 is 0. The Morgan fingerprint density at radius 2 is 1.87 bits per heavy atom. The number of aromatic nitrogens is 5. The molecule has 3 heterocycles. The monoisotopic (exact) mass is 622 g/mol. The molecule has 0 saturated carbocycles. The zero-order valence-corrected chi connectivity index (χ0v) is 26.9. The molecule has 0 radical (unpaired) electrons. The Labute approximate surface area is 269 Å². The van der Waals surface area contributed by atoms with E-state index in [-0.39, 0.29) is 12.2 Å². The fourth-order valence-corrected chi connectivity index (χ4v) is 5.78. The fraction of sp³-hybridized carbons (Fsp3) is 0.361. The molecule has 2 aromatic heterocycles. The van der Waals surface area contributed by atoms with Gasteiger partial charge in [0.2, 0.25) is 0 Å². The molecule has 1 aliphatic heterocycles. The molecule has 2 N–H and O–H groups in total. The van der Waals surface area contributed by atoms with Gasteiger partial charge in [-0.2, -0.15) is 9.78 Å². The van der Waals surface area contributed by atoms with E-state index in [0.29, 0.717) is 48.3 Å². The summed E-state index contributed by atoms with van der Waals surface area (Å²) < 4.78 is 3.02. The number of aliphatic hydroxyl groups is 2. The number of carbonyl (C=O) groups excluding carboxylic acids is 1. The van der Waals surface area contributed by atoms with E-state index in [9.17, 15) is 14.7 Å². The van der Waals surface area contributed by atoms with Crippen LogP contribution < -0.4 is 10.5 Å². The zero-order valence-electron chi connectivity index (χ0n) is 26.9. The van der Waals surface area contributed by atoms with Crippen molar-refractivity contribution in [1.29, 1.82) is 0 Å². The summed E-state index contributed by atoms with van der Waals surface area (Å²) in [7, 11) is 0. The summed E-state index contributed by atoms with van der Waals surface area (Å²) in [6.07, 6.45) is 14.3. The van der Waals surface area contributed by atoms with E-state index >= 15 is 0 Å². The third-order valence-corrected chi connectivity index (χ3v) is 8.47. The van der Waals surface area contributed by atoms with Crippen molar-refractivity contribution in [3.63, 3.8) is 0 Å². The fourth-order valence-electron chi connectivity index (χ4n) is 5.78. The van der Waals surface area contributed by atoms with E-state index in [0.717, 1.165) is 29.5 Å². The lowest BCUT2D eigenvalue weighted by molar-refractivity contribution is -0.139. The van der Waals surface area contributed by atoms with Crippen LogP contribution in [0.15, 0.2) is 95.1 Å². The van der Waals surface area contributed by atoms with Crippen LogP contribution in [0, 0.1) is 5.92 Å². The molecule has 0 unspecified atom stereocenters. The second-order valence-corrected chi connectivity index (χ2v) is 12.2. The molecule has 0 saturated heterocycles. The van der Waals surface area contributed by atoms with Gasteiger partial charge in [-0.05, 0) is 64.3 Å². The summed E-state index contributed by atoms with van der Waals surface area (Å²) in [6, 6.07) is 12.5. The first kappa shape index (κ1) is 32.7. The number of hydrogen-bond acceptors (Lipinski definition) is 7. The summed E-state index contributed by atoms with van der Waals surface area (Å²) in [5, 5.41) is 35.2. The standard InChI is InChI=1S/C36H42N6O4/c1-25(2)10-9-11-26(3)17-20-41-33-16-15-30(42-34(44)31-14-6-5-13-28(31)23-37-42)22-32(33)36(46,35(41)45)27(4)12-7-8-19-40-24-29(18-21-43)38-39-40/h5-7,10,12-17,22-24,27,43,46H,8-9,11,18-21H2,1-4H3/b12-7+,26-17+/t27-,36+/m1/s1. The molecule has 1 amide bonds. The molecule has 10 heteroatoms. The number of nitrogens with zero attached hydrogens (tertiary/aromatic N) is 6. The van der Waals surface area contributed by atoms with Crippen LogP contribution in [0.3, 0.4) is 0 Å². The lowest BCUT2D eigenvalue weighted by Gasteiger charge is -2.27. The highest BCUT2D eigenvalue weighted by molar-refractivity contribution is 6.07. The van der Waals surface area contributed by atoms with Crippen LogP contribution in [0.2, 0.25) is 0 Å². The molecule has 0 aliphatic carbocycles. The lowest BCUT2D eigenvalue weighted by Crippen LogP contribution is -2.44. The molecule has 1 aliphatic rings. The summed E-state index contributed by atoms with van der Waals surface area (Å²) in [5.41, 5.74) is 2.54. The van der Waals surface area contributed by atoms with Gasteiger partial charge in [-0.25, -0.2) is 0 Å². The van der Waals surface area contributed by atoms with Crippen molar-refractivity contribution in [2.75, 3.05) is 18.1 Å². The number of allylic oxidation sites excluding steroid dienone is 4. The number of amides is 1. The zero-order chi connectivity index (χ0) is 32.8. The molecule has 0 bridgehead atoms. The molecular weight excluding hydrogens is 580 g/mol. The van der Waals surface area contributed by atoms with Gasteiger partial charge in [0.1, 0.15) is 0 Å². The van der Waals surface area contributed by atoms with Crippen molar-refractivity contribution in [2.45, 2.75) is 65.5 Å². The SMILES string of the molecule is CC(C)=CCC/C(C)=C/CN1C(=O)[C@](O)([C@H](C)/C=C/CCn2cc(CCO)nn2)c2cc(-n3ncc4ccccc4c3=O)ccc21. The van der Waals surface area contributed by atoms with Crippen LogP contribution >= 0.6 is 0 Å². The highest BCUT2D eigenvalue weighted by atomic mass is 16.3. The number of fused-ring (bicyclic) bond motifs is 2. The molecule has 5 rings (SSSR count). The molecule has 10 nitrogen and oxygen atoms in total. The van der Waals surface area contributed by atoms with Crippen molar-refractivity contribution >= 4 is 22.4 Å². The predicted molar refractivity (Wildman–Crippen MR) is 180 cm³/mol. The van der Waals surface area contributed by atoms with Crippen LogP contribution in [0.25, 0.3) is 16.5 Å². The van der Waals surface area contributed by atoms with Gasteiger partial charge in [0, 0.05) is 49.2 Å². The molecule has 2 aromatic carbocycles. The normalized spacial score (nSPS) is 17.2. The van der Waals surface area contributed by atoms with Crippen molar-refractivity contribution in [2.24, 2.45) is 5.92 Å². The number of aliphatic hydroxyl groups excluding tert-OH is 1. The van der Waals surface area contributed by atoms with Gasteiger partial charge < -0.3 is 15.1 Å². The number of benzene rings is 2. The van der Waals surface area contributed by atoms with Crippen molar-refractivity contribution in [3.8, 4) is 5.69 Å². The molecule has 2 atom stereocenters. The quantitative estimate of drug-likeness (QED) is 0.201. The first-order valence-electron chi connectivity index (χ1n) is 15.7. The molecular formula is C36H42N6O4. The topological polar surface area (TPSA) is 126 Å². The number of anilines is 1.